The van der Waals surface area contributed by atoms with Crippen molar-refractivity contribution in [3.8, 4) is 17.2 Å². The van der Waals surface area contributed by atoms with E-state index in [0.29, 0.717) is 17.1 Å². The van der Waals surface area contributed by atoms with Crippen molar-refractivity contribution in [3.63, 3.8) is 0 Å². The van der Waals surface area contributed by atoms with E-state index in [2.05, 4.69) is 39.7 Å². The number of piperidine rings is 1. The maximum absolute atomic E-state index is 14.3. The summed E-state index contributed by atoms with van der Waals surface area (Å²) < 4.78 is 18.1. The van der Waals surface area contributed by atoms with Crippen LogP contribution in [0.4, 0.5) is 4.39 Å². The average Bonchev–Trinajstić information content (AvgIpc) is 3.39. The lowest BCUT2D eigenvalue weighted by Gasteiger charge is -2.29. The summed E-state index contributed by atoms with van der Waals surface area (Å²) >= 11 is 1.20. The van der Waals surface area contributed by atoms with Gasteiger partial charge in [0.05, 0.1) is 29.5 Å². The normalized spacial score (nSPS) is 15.3. The minimum atomic E-state index is -0.398. The van der Waals surface area contributed by atoms with Crippen LogP contribution in [-0.4, -0.2) is 49.4 Å². The number of likely N-dealkylation sites (tertiary alicyclic amines) is 1. The summed E-state index contributed by atoms with van der Waals surface area (Å²) in [6.45, 7) is 4.21. The Hall–Kier alpha value is -3.22. The van der Waals surface area contributed by atoms with Gasteiger partial charge in [0.15, 0.2) is 5.82 Å². The molecule has 0 radical (unpaired) electrons. The SMILES string of the molecule is Cc1c(-c2cc(Sc3ncccc3F)c3c(C#N)cnn3c2)cnn1C1CCN(C)CC1. The molecule has 1 saturated heterocycles. The van der Waals surface area contributed by atoms with Gasteiger partial charge < -0.3 is 4.90 Å². The second kappa shape index (κ2) is 8.37. The molecule has 0 N–H and O–H groups in total. The Bertz CT molecular complexity index is 1330. The van der Waals surface area contributed by atoms with E-state index in [1.54, 1.807) is 16.8 Å². The highest BCUT2D eigenvalue weighted by Gasteiger charge is 2.23. The number of fused-ring (bicyclic) bond motifs is 1. The number of aromatic nitrogens is 5. The maximum atomic E-state index is 14.3. The van der Waals surface area contributed by atoms with E-state index in [1.165, 1.54) is 24.0 Å². The molecule has 32 heavy (non-hydrogen) atoms. The molecule has 5 rings (SSSR count). The number of nitrogens with zero attached hydrogens (tertiary/aromatic N) is 7. The highest BCUT2D eigenvalue weighted by molar-refractivity contribution is 7.99. The van der Waals surface area contributed by atoms with Crippen LogP contribution >= 0.6 is 11.8 Å². The van der Waals surface area contributed by atoms with Gasteiger partial charge in [-0.2, -0.15) is 15.5 Å². The monoisotopic (exact) mass is 447 g/mol. The molecule has 0 aliphatic carbocycles. The lowest BCUT2D eigenvalue weighted by Crippen LogP contribution is -2.32. The molecule has 0 atom stereocenters. The van der Waals surface area contributed by atoms with Crippen LogP contribution < -0.4 is 0 Å². The zero-order valence-corrected chi connectivity index (χ0v) is 18.7. The molecule has 9 heteroatoms. The van der Waals surface area contributed by atoms with Crippen molar-refractivity contribution < 1.29 is 4.39 Å². The molecule has 7 nitrogen and oxygen atoms in total. The third kappa shape index (κ3) is 3.66. The Kier molecular flexibility index (Phi) is 5.41. The van der Waals surface area contributed by atoms with Gasteiger partial charge in [0.1, 0.15) is 11.1 Å². The van der Waals surface area contributed by atoms with Crippen LogP contribution in [0, 0.1) is 24.1 Å². The number of hydrogen-bond donors (Lipinski definition) is 0. The van der Waals surface area contributed by atoms with Crippen LogP contribution in [-0.2, 0) is 0 Å². The van der Waals surface area contributed by atoms with Crippen molar-refractivity contribution in [2.24, 2.45) is 0 Å². The molecule has 0 unspecified atom stereocenters. The predicted octanol–water partition coefficient (Wildman–Crippen LogP) is 4.33. The van der Waals surface area contributed by atoms with E-state index in [0.717, 1.165) is 47.6 Å². The lowest BCUT2D eigenvalue weighted by atomic mass is 10.0. The zero-order valence-electron chi connectivity index (χ0n) is 17.9. The largest absolute Gasteiger partial charge is 0.306 e. The Morgan fingerprint density at radius 3 is 2.78 bits per heavy atom. The Morgan fingerprint density at radius 2 is 2.03 bits per heavy atom. The predicted molar refractivity (Wildman–Crippen MR) is 120 cm³/mol. The molecule has 5 heterocycles. The van der Waals surface area contributed by atoms with Crippen molar-refractivity contribution in [2.75, 3.05) is 20.1 Å². The summed E-state index contributed by atoms with van der Waals surface area (Å²) in [5, 5.41) is 18.9. The van der Waals surface area contributed by atoms with Gasteiger partial charge in [-0.05, 0) is 58.1 Å². The molecule has 0 saturated carbocycles. The molecule has 1 aliphatic rings. The number of halogens is 1. The van der Waals surface area contributed by atoms with Crippen LogP contribution in [0.3, 0.4) is 0 Å². The van der Waals surface area contributed by atoms with Crippen LogP contribution in [0.15, 0.2) is 52.9 Å². The molecular formula is C23H22FN7S. The quantitative estimate of drug-likeness (QED) is 0.464. The Balaban J connectivity index is 1.59. The van der Waals surface area contributed by atoms with Gasteiger partial charge in [0, 0.05) is 34.1 Å². The first kappa shape index (κ1) is 20.7. The Morgan fingerprint density at radius 1 is 1.22 bits per heavy atom. The van der Waals surface area contributed by atoms with Crippen LogP contribution in [0.5, 0.6) is 0 Å². The van der Waals surface area contributed by atoms with Gasteiger partial charge in [-0.3, -0.25) is 4.68 Å². The first-order valence-corrected chi connectivity index (χ1v) is 11.3. The van der Waals surface area contributed by atoms with E-state index in [9.17, 15) is 9.65 Å². The van der Waals surface area contributed by atoms with E-state index >= 15 is 0 Å². The average molecular weight is 448 g/mol. The summed E-state index contributed by atoms with van der Waals surface area (Å²) in [4.78, 5) is 7.23. The van der Waals surface area contributed by atoms with E-state index in [1.807, 2.05) is 18.5 Å². The standard InChI is InChI=1S/C23H22FN7S/c1-15-19(13-28-31(15)18-5-8-29(2)9-6-18)16-10-21(32-23-20(24)4-3-7-26-23)22-17(11-25)12-27-30(22)14-16/h3-4,7,10,12-14,18H,5-6,8-9H2,1-2H3. The van der Waals surface area contributed by atoms with Crippen molar-refractivity contribution in [2.45, 2.75) is 35.7 Å². The fourth-order valence-electron chi connectivity index (χ4n) is 4.26. The third-order valence-corrected chi connectivity index (χ3v) is 7.04. The summed E-state index contributed by atoms with van der Waals surface area (Å²) in [7, 11) is 2.15. The highest BCUT2D eigenvalue weighted by atomic mass is 32.2. The molecular weight excluding hydrogens is 425 g/mol. The third-order valence-electron chi connectivity index (χ3n) is 6.02. The van der Waals surface area contributed by atoms with Crippen molar-refractivity contribution in [3.05, 3.63) is 60.1 Å². The number of nitriles is 1. The summed E-state index contributed by atoms with van der Waals surface area (Å²) in [6, 6.07) is 7.48. The fourth-order valence-corrected chi connectivity index (χ4v) is 5.23. The molecule has 0 bridgehead atoms. The maximum Gasteiger partial charge on any atom is 0.155 e. The smallest absolute Gasteiger partial charge is 0.155 e. The topological polar surface area (TPSA) is 75.0 Å². The van der Waals surface area contributed by atoms with Crippen LogP contribution in [0.2, 0.25) is 0 Å². The first-order chi connectivity index (χ1) is 15.5. The molecule has 0 spiro atoms. The van der Waals surface area contributed by atoms with Gasteiger partial charge in [0.25, 0.3) is 0 Å². The molecule has 4 aromatic heterocycles. The van der Waals surface area contributed by atoms with Gasteiger partial charge in [-0.15, -0.1) is 0 Å². The van der Waals surface area contributed by atoms with E-state index < -0.39 is 5.82 Å². The zero-order chi connectivity index (χ0) is 22.2. The van der Waals surface area contributed by atoms with Gasteiger partial charge in [-0.1, -0.05) is 11.8 Å². The molecule has 4 aromatic rings. The second-order valence-corrected chi connectivity index (χ2v) is 9.10. The van der Waals surface area contributed by atoms with E-state index in [-0.39, 0.29) is 5.03 Å². The lowest BCUT2D eigenvalue weighted by molar-refractivity contribution is 0.210. The van der Waals surface area contributed by atoms with Crippen molar-refractivity contribution in [1.82, 2.24) is 29.3 Å². The van der Waals surface area contributed by atoms with Gasteiger partial charge in [0.2, 0.25) is 0 Å². The van der Waals surface area contributed by atoms with E-state index in [4.69, 9.17) is 5.10 Å². The first-order valence-electron chi connectivity index (χ1n) is 10.5. The molecule has 1 aliphatic heterocycles. The molecule has 0 aromatic carbocycles. The summed E-state index contributed by atoms with van der Waals surface area (Å²) in [5.74, 6) is -0.398. The molecule has 1 fully saturated rings. The van der Waals surface area contributed by atoms with Gasteiger partial charge >= 0.3 is 0 Å². The molecule has 162 valence electrons. The highest BCUT2D eigenvalue weighted by Crippen LogP contribution is 2.37. The van der Waals surface area contributed by atoms with Crippen molar-refractivity contribution >= 4 is 17.3 Å². The van der Waals surface area contributed by atoms with Crippen LogP contribution in [0.1, 0.15) is 30.1 Å². The summed E-state index contributed by atoms with van der Waals surface area (Å²) in [5.41, 5.74) is 4.09. The number of pyridine rings is 2. The minimum Gasteiger partial charge on any atom is -0.306 e. The van der Waals surface area contributed by atoms with Crippen molar-refractivity contribution in [1.29, 1.82) is 5.26 Å². The number of hydrogen-bond acceptors (Lipinski definition) is 6. The fraction of sp³-hybridized carbons (Fsp3) is 0.304. The Labute approximate surface area is 189 Å². The van der Waals surface area contributed by atoms with Crippen LogP contribution in [0.25, 0.3) is 16.6 Å². The second-order valence-electron chi connectivity index (χ2n) is 8.07. The summed E-state index contributed by atoms with van der Waals surface area (Å²) in [6.07, 6.45) is 9.03. The minimum absolute atomic E-state index is 0.260. The van der Waals surface area contributed by atoms with Gasteiger partial charge in [-0.25, -0.2) is 13.9 Å². The number of rotatable bonds is 4. The molecule has 0 amide bonds.